The quantitative estimate of drug-likeness (QED) is 0.520. The highest BCUT2D eigenvalue weighted by atomic mass is 16.5. The van der Waals surface area contributed by atoms with Gasteiger partial charge in [0.1, 0.15) is 12.4 Å². The van der Waals surface area contributed by atoms with E-state index in [0.29, 0.717) is 0 Å². The van der Waals surface area contributed by atoms with Gasteiger partial charge >= 0.3 is 6.09 Å². The summed E-state index contributed by atoms with van der Waals surface area (Å²) < 4.78 is 10.9. The zero-order valence-corrected chi connectivity index (χ0v) is 18.3. The van der Waals surface area contributed by atoms with Gasteiger partial charge in [-0.2, -0.15) is 0 Å². The Labute approximate surface area is 189 Å². The first-order valence-corrected chi connectivity index (χ1v) is 10.8. The van der Waals surface area contributed by atoms with Gasteiger partial charge in [0.15, 0.2) is 0 Å². The topological polar surface area (TPSA) is 59.6 Å². The molecule has 0 bridgehead atoms. The van der Waals surface area contributed by atoms with E-state index in [0.717, 1.165) is 28.1 Å². The van der Waals surface area contributed by atoms with Gasteiger partial charge in [-0.15, -0.1) is 0 Å². The lowest BCUT2D eigenvalue weighted by Crippen LogP contribution is -2.43. The summed E-state index contributed by atoms with van der Waals surface area (Å²) in [6.07, 6.45) is 3.82. The molecule has 0 aromatic heterocycles. The molecule has 3 aromatic rings. The van der Waals surface area contributed by atoms with Gasteiger partial charge in [0.05, 0.1) is 13.2 Å². The van der Waals surface area contributed by atoms with Crippen LogP contribution in [0, 0.1) is 5.92 Å². The van der Waals surface area contributed by atoms with E-state index in [2.05, 4.69) is 41.8 Å². The fourth-order valence-corrected chi connectivity index (χ4v) is 3.96. The van der Waals surface area contributed by atoms with E-state index in [4.69, 9.17) is 9.47 Å². The molecule has 0 aliphatic carbocycles. The lowest BCUT2D eigenvalue weighted by molar-refractivity contribution is 0.131. The minimum atomic E-state index is -0.438. The molecular formula is C27H28N2O3. The van der Waals surface area contributed by atoms with Gasteiger partial charge in [-0.1, -0.05) is 79.7 Å². The van der Waals surface area contributed by atoms with E-state index in [1.54, 1.807) is 7.11 Å². The molecule has 0 fully saturated rings. The number of carbonyl (C=O) groups is 1. The molecule has 5 nitrogen and oxygen atoms in total. The van der Waals surface area contributed by atoms with Crippen LogP contribution in [0.3, 0.4) is 0 Å². The standard InChI is InChI=1S/C27H28N2O3/c1-19-24(15-13-20-9-5-3-6-10-20)28-25-16-14-22(31-2)17-23(25)26(19)29-27(30)32-18-21-11-7-4-8-12-21/h3-17,19,24,26,28H,18H2,1-2H3,(H,29,30)/b15-13+/t19-,24-,26+/m1/s1. The molecule has 0 radical (unpaired) electrons. The average Bonchev–Trinajstić information content (AvgIpc) is 2.84. The number of alkyl carbamates (subject to hydrolysis) is 1. The lowest BCUT2D eigenvalue weighted by atomic mass is 9.83. The number of hydrogen-bond donors (Lipinski definition) is 2. The third-order valence-electron chi connectivity index (χ3n) is 5.79. The molecule has 0 saturated carbocycles. The monoisotopic (exact) mass is 428 g/mol. The number of rotatable bonds is 6. The van der Waals surface area contributed by atoms with Crippen LogP contribution in [0.15, 0.2) is 84.9 Å². The van der Waals surface area contributed by atoms with E-state index in [1.165, 1.54) is 0 Å². The van der Waals surface area contributed by atoms with E-state index in [1.807, 2.05) is 66.7 Å². The van der Waals surface area contributed by atoms with Crippen LogP contribution < -0.4 is 15.4 Å². The van der Waals surface area contributed by atoms with Crippen molar-refractivity contribution in [2.75, 3.05) is 12.4 Å². The highest BCUT2D eigenvalue weighted by molar-refractivity contribution is 5.70. The maximum absolute atomic E-state index is 12.7. The molecule has 3 aromatic carbocycles. The zero-order valence-electron chi connectivity index (χ0n) is 18.3. The average molecular weight is 429 g/mol. The van der Waals surface area contributed by atoms with Crippen molar-refractivity contribution in [1.82, 2.24) is 5.32 Å². The highest BCUT2D eigenvalue weighted by Gasteiger charge is 2.34. The molecule has 3 atom stereocenters. The van der Waals surface area contributed by atoms with Crippen LogP contribution in [0.25, 0.3) is 6.08 Å². The van der Waals surface area contributed by atoms with Gasteiger partial charge < -0.3 is 20.1 Å². The summed E-state index contributed by atoms with van der Waals surface area (Å²) >= 11 is 0. The summed E-state index contributed by atoms with van der Waals surface area (Å²) in [5.41, 5.74) is 4.04. The van der Waals surface area contributed by atoms with Crippen LogP contribution in [0.1, 0.15) is 29.7 Å². The fourth-order valence-electron chi connectivity index (χ4n) is 3.96. The summed E-state index contributed by atoms with van der Waals surface area (Å²) in [5.74, 6) is 0.833. The summed E-state index contributed by atoms with van der Waals surface area (Å²) in [7, 11) is 1.64. The molecule has 5 heteroatoms. The first-order chi connectivity index (χ1) is 15.6. The molecule has 4 rings (SSSR count). The Kier molecular flexibility index (Phi) is 6.75. The molecule has 2 N–H and O–H groups in total. The minimum absolute atomic E-state index is 0.0375. The molecule has 0 spiro atoms. The Balaban J connectivity index is 1.54. The maximum atomic E-state index is 12.7. The second kappa shape index (κ2) is 10.1. The van der Waals surface area contributed by atoms with E-state index in [-0.39, 0.29) is 24.6 Å². The molecule has 0 saturated heterocycles. The molecule has 164 valence electrons. The van der Waals surface area contributed by atoms with Gasteiger partial charge in [0.2, 0.25) is 0 Å². The predicted molar refractivity (Wildman–Crippen MR) is 128 cm³/mol. The molecule has 0 unspecified atom stereocenters. The number of anilines is 1. The van der Waals surface area contributed by atoms with Gasteiger partial charge in [-0.3, -0.25) is 0 Å². The van der Waals surface area contributed by atoms with Crippen LogP contribution in [-0.2, 0) is 11.3 Å². The third-order valence-corrected chi connectivity index (χ3v) is 5.79. The normalized spacial score (nSPS) is 19.6. The number of methoxy groups -OCH3 is 1. The Bertz CT molecular complexity index is 1070. The van der Waals surface area contributed by atoms with Crippen LogP contribution in [0.2, 0.25) is 0 Å². The fraction of sp³-hybridized carbons (Fsp3) is 0.222. The maximum Gasteiger partial charge on any atom is 0.407 e. The third kappa shape index (κ3) is 5.11. The van der Waals surface area contributed by atoms with E-state index < -0.39 is 6.09 Å². The second-order valence-corrected chi connectivity index (χ2v) is 7.94. The summed E-state index contributed by atoms with van der Waals surface area (Å²) in [5, 5.41) is 6.68. The summed E-state index contributed by atoms with van der Waals surface area (Å²) in [6, 6.07) is 25.5. The molecular weight excluding hydrogens is 400 g/mol. The van der Waals surface area contributed by atoms with Gasteiger partial charge in [-0.25, -0.2) is 4.79 Å². The molecule has 1 aliphatic rings. The lowest BCUT2D eigenvalue weighted by Gasteiger charge is -2.38. The number of hydrogen-bond acceptors (Lipinski definition) is 4. The van der Waals surface area contributed by atoms with Crippen LogP contribution in [0.4, 0.5) is 10.5 Å². The van der Waals surface area contributed by atoms with Crippen LogP contribution >= 0.6 is 0 Å². The van der Waals surface area contributed by atoms with Crippen molar-refractivity contribution in [2.24, 2.45) is 5.92 Å². The van der Waals surface area contributed by atoms with Crippen molar-refractivity contribution in [2.45, 2.75) is 25.6 Å². The number of benzene rings is 3. The van der Waals surface area contributed by atoms with Crippen molar-refractivity contribution < 1.29 is 14.3 Å². The second-order valence-electron chi connectivity index (χ2n) is 7.94. The minimum Gasteiger partial charge on any atom is -0.497 e. The largest absolute Gasteiger partial charge is 0.497 e. The molecule has 1 heterocycles. The number of amides is 1. The van der Waals surface area contributed by atoms with Gasteiger partial charge in [0, 0.05) is 23.2 Å². The summed E-state index contributed by atoms with van der Waals surface area (Å²) in [6.45, 7) is 2.35. The Morgan fingerprint density at radius 3 is 2.47 bits per heavy atom. The number of fused-ring (bicyclic) bond motifs is 1. The molecule has 1 aliphatic heterocycles. The first-order valence-electron chi connectivity index (χ1n) is 10.8. The van der Waals surface area contributed by atoms with E-state index in [9.17, 15) is 4.79 Å². The Hall–Kier alpha value is -3.73. The smallest absolute Gasteiger partial charge is 0.407 e. The SMILES string of the molecule is COc1ccc2c(c1)[C@@H](NC(=O)OCc1ccccc1)[C@H](C)[C@@H](/C=C/c1ccccc1)N2. The predicted octanol–water partition coefficient (Wildman–Crippen LogP) is 5.81. The van der Waals surface area contributed by atoms with Crippen molar-refractivity contribution in [1.29, 1.82) is 0 Å². The first kappa shape index (κ1) is 21.5. The summed E-state index contributed by atoms with van der Waals surface area (Å²) in [4.78, 5) is 12.7. The van der Waals surface area contributed by atoms with Gasteiger partial charge in [0.25, 0.3) is 0 Å². The highest BCUT2D eigenvalue weighted by Crippen LogP contribution is 2.39. The van der Waals surface area contributed by atoms with Crippen LogP contribution in [0.5, 0.6) is 5.75 Å². The number of carbonyl (C=O) groups excluding carboxylic acids is 1. The van der Waals surface area contributed by atoms with Crippen molar-refractivity contribution in [3.05, 3.63) is 102 Å². The Morgan fingerprint density at radius 1 is 1.03 bits per heavy atom. The number of ether oxygens (including phenoxy) is 2. The Morgan fingerprint density at radius 2 is 1.75 bits per heavy atom. The van der Waals surface area contributed by atoms with Gasteiger partial charge in [-0.05, 0) is 29.3 Å². The van der Waals surface area contributed by atoms with Crippen molar-refractivity contribution in [3.63, 3.8) is 0 Å². The van der Waals surface area contributed by atoms with E-state index >= 15 is 0 Å². The zero-order chi connectivity index (χ0) is 22.3. The van der Waals surface area contributed by atoms with Crippen molar-refractivity contribution in [3.8, 4) is 5.75 Å². The van der Waals surface area contributed by atoms with Crippen LogP contribution in [-0.4, -0.2) is 19.2 Å². The van der Waals surface area contributed by atoms with Crippen molar-refractivity contribution >= 4 is 17.9 Å². The molecule has 1 amide bonds. The number of nitrogens with one attached hydrogen (secondary N) is 2. The molecule has 32 heavy (non-hydrogen) atoms.